The fourth-order valence-electron chi connectivity index (χ4n) is 3.42. The standard InChI is InChI=1S/C21H29N5O4/c1-14-5-6-18(19(11-14)29-4)30-10-7-22-20(27)17-13-26(9-8-25(17)3)21(28)16-12-23-24-15(16)2/h5-6,11-12,17H,7-10,13H2,1-4H3,(H,22,27)(H,23,24)/t17-/m1/s1. The molecule has 9 heteroatoms. The van der Waals surface area contributed by atoms with Gasteiger partial charge in [-0.3, -0.25) is 19.6 Å². The van der Waals surface area contributed by atoms with Crippen molar-refractivity contribution >= 4 is 11.8 Å². The third kappa shape index (κ3) is 4.91. The monoisotopic (exact) mass is 415 g/mol. The van der Waals surface area contributed by atoms with Crippen LogP contribution in [0.5, 0.6) is 11.5 Å². The molecule has 1 atom stereocenters. The van der Waals surface area contributed by atoms with Gasteiger partial charge in [0.15, 0.2) is 11.5 Å². The minimum atomic E-state index is -0.413. The smallest absolute Gasteiger partial charge is 0.257 e. The van der Waals surface area contributed by atoms with Crippen molar-refractivity contribution in [3.05, 3.63) is 41.2 Å². The number of H-pyrrole nitrogens is 1. The molecule has 1 aliphatic rings. The van der Waals surface area contributed by atoms with E-state index in [1.165, 1.54) is 6.20 Å². The number of amides is 2. The van der Waals surface area contributed by atoms with Crippen LogP contribution in [0.3, 0.4) is 0 Å². The van der Waals surface area contributed by atoms with E-state index in [1.54, 1.807) is 12.0 Å². The van der Waals surface area contributed by atoms with Gasteiger partial charge in [-0.2, -0.15) is 5.10 Å². The summed E-state index contributed by atoms with van der Waals surface area (Å²) in [6.45, 7) is 5.99. The fraction of sp³-hybridized carbons (Fsp3) is 0.476. The van der Waals surface area contributed by atoms with Crippen molar-refractivity contribution < 1.29 is 19.1 Å². The van der Waals surface area contributed by atoms with Crippen LogP contribution in [0.2, 0.25) is 0 Å². The first-order valence-electron chi connectivity index (χ1n) is 9.95. The molecule has 3 rings (SSSR count). The van der Waals surface area contributed by atoms with Crippen LogP contribution in [0.4, 0.5) is 0 Å². The topological polar surface area (TPSA) is 99.8 Å². The molecule has 2 heterocycles. The van der Waals surface area contributed by atoms with Crippen LogP contribution in [0.1, 0.15) is 21.6 Å². The Kier molecular flexibility index (Phi) is 6.94. The average Bonchev–Trinajstić information content (AvgIpc) is 3.17. The van der Waals surface area contributed by atoms with Crippen LogP contribution in [-0.4, -0.2) is 84.8 Å². The van der Waals surface area contributed by atoms with Crippen molar-refractivity contribution in [2.75, 3.05) is 46.9 Å². The highest BCUT2D eigenvalue weighted by molar-refractivity contribution is 5.95. The number of nitrogens with one attached hydrogen (secondary N) is 2. The summed E-state index contributed by atoms with van der Waals surface area (Å²) in [5, 5.41) is 9.60. The summed E-state index contributed by atoms with van der Waals surface area (Å²) in [5.41, 5.74) is 2.35. The first kappa shape index (κ1) is 21.6. The van der Waals surface area contributed by atoms with Crippen molar-refractivity contribution in [1.82, 2.24) is 25.3 Å². The minimum Gasteiger partial charge on any atom is -0.493 e. The van der Waals surface area contributed by atoms with Crippen LogP contribution >= 0.6 is 0 Å². The number of aryl methyl sites for hydroxylation is 2. The first-order chi connectivity index (χ1) is 14.4. The molecular weight excluding hydrogens is 386 g/mol. The van der Waals surface area contributed by atoms with Crippen molar-refractivity contribution in [2.24, 2.45) is 0 Å². The first-order valence-corrected chi connectivity index (χ1v) is 9.95. The summed E-state index contributed by atoms with van der Waals surface area (Å²) >= 11 is 0. The third-order valence-corrected chi connectivity index (χ3v) is 5.28. The van der Waals surface area contributed by atoms with E-state index < -0.39 is 6.04 Å². The van der Waals surface area contributed by atoms with Gasteiger partial charge in [-0.15, -0.1) is 0 Å². The average molecular weight is 415 g/mol. The van der Waals surface area contributed by atoms with Gasteiger partial charge in [0.25, 0.3) is 5.91 Å². The number of piperazine rings is 1. The summed E-state index contributed by atoms with van der Waals surface area (Å²) in [7, 11) is 3.49. The maximum Gasteiger partial charge on any atom is 0.257 e. The molecule has 0 unspecified atom stereocenters. The van der Waals surface area contributed by atoms with E-state index in [4.69, 9.17) is 9.47 Å². The number of hydrogen-bond acceptors (Lipinski definition) is 6. The lowest BCUT2D eigenvalue weighted by atomic mass is 10.1. The Morgan fingerprint density at radius 3 is 2.77 bits per heavy atom. The molecule has 2 amide bonds. The number of carbonyl (C=O) groups is 2. The van der Waals surface area contributed by atoms with Crippen molar-refractivity contribution in [2.45, 2.75) is 19.9 Å². The second-order valence-corrected chi connectivity index (χ2v) is 7.45. The summed E-state index contributed by atoms with van der Waals surface area (Å²) in [5.74, 6) is 1.07. The molecule has 1 aromatic carbocycles. The third-order valence-electron chi connectivity index (χ3n) is 5.28. The van der Waals surface area contributed by atoms with Crippen LogP contribution in [0.25, 0.3) is 0 Å². The Bertz CT molecular complexity index is 897. The Hall–Kier alpha value is -3.07. The number of aromatic nitrogens is 2. The maximum absolute atomic E-state index is 12.7. The van der Waals surface area contributed by atoms with E-state index in [0.717, 1.165) is 11.3 Å². The Labute approximate surface area is 176 Å². The molecule has 0 bridgehead atoms. The predicted molar refractivity (Wildman–Crippen MR) is 112 cm³/mol. The van der Waals surface area contributed by atoms with Gasteiger partial charge in [-0.25, -0.2) is 0 Å². The van der Waals surface area contributed by atoms with Crippen LogP contribution in [0, 0.1) is 13.8 Å². The van der Waals surface area contributed by atoms with Crippen molar-refractivity contribution in [1.29, 1.82) is 0 Å². The quantitative estimate of drug-likeness (QED) is 0.654. The normalized spacial score (nSPS) is 16.9. The maximum atomic E-state index is 12.7. The lowest BCUT2D eigenvalue weighted by Gasteiger charge is -2.38. The number of carbonyl (C=O) groups excluding carboxylic acids is 2. The van der Waals surface area contributed by atoms with Gasteiger partial charge in [0.2, 0.25) is 5.91 Å². The summed E-state index contributed by atoms with van der Waals surface area (Å²) < 4.78 is 11.1. The number of rotatable bonds is 7. The van der Waals surface area contributed by atoms with E-state index >= 15 is 0 Å². The van der Waals surface area contributed by atoms with Crippen LogP contribution in [0.15, 0.2) is 24.4 Å². The number of nitrogens with zero attached hydrogens (tertiary/aromatic N) is 3. The molecule has 9 nitrogen and oxygen atoms in total. The van der Waals surface area contributed by atoms with Crippen LogP contribution in [-0.2, 0) is 4.79 Å². The number of aromatic amines is 1. The largest absolute Gasteiger partial charge is 0.493 e. The second-order valence-electron chi connectivity index (χ2n) is 7.45. The molecule has 2 N–H and O–H groups in total. The van der Waals surface area contributed by atoms with Gasteiger partial charge >= 0.3 is 0 Å². The number of ether oxygens (including phenoxy) is 2. The zero-order valence-corrected chi connectivity index (χ0v) is 17.9. The molecule has 1 fully saturated rings. The summed E-state index contributed by atoms with van der Waals surface area (Å²) in [6.07, 6.45) is 1.53. The van der Waals surface area contributed by atoms with Crippen molar-refractivity contribution in [3.63, 3.8) is 0 Å². The van der Waals surface area contributed by atoms with E-state index in [2.05, 4.69) is 15.5 Å². The summed E-state index contributed by atoms with van der Waals surface area (Å²) in [6, 6.07) is 5.29. The Morgan fingerprint density at radius 1 is 1.27 bits per heavy atom. The molecule has 0 aliphatic carbocycles. The lowest BCUT2D eigenvalue weighted by Crippen LogP contribution is -2.59. The van der Waals surface area contributed by atoms with E-state index in [1.807, 2.05) is 44.0 Å². The highest BCUT2D eigenvalue weighted by Gasteiger charge is 2.33. The van der Waals surface area contributed by atoms with Gasteiger partial charge in [-0.1, -0.05) is 6.07 Å². The highest BCUT2D eigenvalue weighted by Crippen LogP contribution is 2.27. The molecule has 1 aliphatic heterocycles. The van der Waals surface area contributed by atoms with Gasteiger partial charge in [0.05, 0.1) is 25.4 Å². The molecule has 1 saturated heterocycles. The predicted octanol–water partition coefficient (Wildman–Crippen LogP) is 0.987. The number of methoxy groups -OCH3 is 1. The fourth-order valence-corrected chi connectivity index (χ4v) is 3.42. The summed E-state index contributed by atoms with van der Waals surface area (Å²) in [4.78, 5) is 29.1. The Balaban J connectivity index is 1.51. The van der Waals surface area contributed by atoms with E-state index in [9.17, 15) is 9.59 Å². The van der Waals surface area contributed by atoms with E-state index in [-0.39, 0.29) is 11.8 Å². The minimum absolute atomic E-state index is 0.109. The zero-order chi connectivity index (χ0) is 21.7. The molecule has 0 spiro atoms. The van der Waals surface area contributed by atoms with Gasteiger partial charge in [0.1, 0.15) is 12.6 Å². The second kappa shape index (κ2) is 9.62. The van der Waals surface area contributed by atoms with Gasteiger partial charge in [0, 0.05) is 25.3 Å². The molecule has 2 aromatic rings. The molecule has 1 aromatic heterocycles. The zero-order valence-electron chi connectivity index (χ0n) is 17.9. The number of benzene rings is 1. The Morgan fingerprint density at radius 2 is 2.07 bits per heavy atom. The van der Waals surface area contributed by atoms with E-state index in [0.29, 0.717) is 49.8 Å². The molecule has 30 heavy (non-hydrogen) atoms. The molecule has 0 saturated carbocycles. The lowest BCUT2D eigenvalue weighted by molar-refractivity contribution is -0.127. The highest BCUT2D eigenvalue weighted by atomic mass is 16.5. The SMILES string of the molecule is COc1cc(C)ccc1OCCNC(=O)[C@H]1CN(C(=O)c2cn[nH]c2C)CCN1C. The molecule has 162 valence electrons. The number of hydrogen-bond donors (Lipinski definition) is 2. The van der Waals surface area contributed by atoms with Crippen LogP contribution < -0.4 is 14.8 Å². The molecule has 0 radical (unpaired) electrons. The number of likely N-dealkylation sites (N-methyl/N-ethyl adjacent to an activating group) is 1. The van der Waals surface area contributed by atoms with Gasteiger partial charge < -0.3 is 19.7 Å². The van der Waals surface area contributed by atoms with Crippen molar-refractivity contribution in [3.8, 4) is 11.5 Å². The molecular formula is C21H29N5O4. The van der Waals surface area contributed by atoms with Gasteiger partial charge in [-0.05, 0) is 38.6 Å².